The van der Waals surface area contributed by atoms with Crippen molar-refractivity contribution < 1.29 is 43.4 Å². The molecule has 4 aliphatic rings. The van der Waals surface area contributed by atoms with Crippen molar-refractivity contribution >= 4 is 8.32 Å². The fourth-order valence-corrected chi connectivity index (χ4v) is 14.0. The lowest BCUT2D eigenvalue weighted by Crippen LogP contribution is -2.66. The lowest BCUT2D eigenvalue weighted by atomic mass is 9.89. The molecule has 4 fully saturated rings. The minimum Gasteiger partial charge on any atom is -0.407 e. The number of aliphatic hydroxyl groups is 3. The number of hydrogen-bond donors (Lipinski definition) is 3. The van der Waals surface area contributed by atoms with E-state index >= 15 is 0 Å². The van der Waals surface area contributed by atoms with E-state index in [0.717, 1.165) is 12.0 Å². The monoisotopic (exact) mass is 636 g/mol. The molecular formula is C34H56O9Si. The van der Waals surface area contributed by atoms with E-state index in [1.807, 2.05) is 18.2 Å². The number of hydrogen-bond acceptors (Lipinski definition) is 9. The Balaban J connectivity index is 1.37. The molecule has 0 amide bonds. The van der Waals surface area contributed by atoms with Crippen molar-refractivity contribution in [2.75, 3.05) is 13.2 Å². The topological polar surface area (TPSA) is 116 Å². The zero-order valence-corrected chi connectivity index (χ0v) is 28.5. The average molecular weight is 637 g/mol. The zero-order chi connectivity index (χ0) is 31.6. The van der Waals surface area contributed by atoms with E-state index in [1.165, 1.54) is 0 Å². The Morgan fingerprint density at radius 1 is 0.864 bits per heavy atom. The first-order valence-electron chi connectivity index (χ1n) is 16.9. The van der Waals surface area contributed by atoms with E-state index in [0.29, 0.717) is 61.9 Å². The highest BCUT2D eigenvalue weighted by molar-refractivity contribution is 6.77. The third-order valence-corrected chi connectivity index (χ3v) is 16.7. The van der Waals surface area contributed by atoms with Crippen LogP contribution in [-0.2, 0) is 34.7 Å². The predicted octanol–water partition coefficient (Wildman–Crippen LogP) is 4.85. The molecule has 0 radical (unpaired) electrons. The summed E-state index contributed by atoms with van der Waals surface area (Å²) in [5.41, 5.74) is 2.11. The smallest absolute Gasteiger partial charge is 0.218 e. The number of rotatable bonds is 11. The molecule has 0 aliphatic carbocycles. The highest BCUT2D eigenvalue weighted by atomic mass is 28.4. The molecule has 250 valence electrons. The van der Waals surface area contributed by atoms with Gasteiger partial charge in [0.05, 0.1) is 49.8 Å². The maximum Gasteiger partial charge on any atom is 0.218 e. The van der Waals surface area contributed by atoms with E-state index in [2.05, 4.69) is 53.7 Å². The standard InChI is InChI=1S/C34H56O9Si/c1-21(2)44(22(3)4,23(5)6)43-33-18-30-28(16-25(39-30)14-15-38-20-24-10-8-7-9-11-24)41-32-17-29-27(42-34(32,33)37)13-12-26(36)31(19-35)40-29/h7-11,21-23,25-33,35-37H,12-20H2,1-6H3/t25-,26-,27+,28-,29-,30+,31+,32+,33-,34+/m0/s1. The lowest BCUT2D eigenvalue weighted by Gasteiger charge is -2.52. The first kappa shape index (κ1) is 34.4. The van der Waals surface area contributed by atoms with Gasteiger partial charge in [0, 0.05) is 25.9 Å². The third-order valence-electron chi connectivity index (χ3n) is 10.6. The first-order chi connectivity index (χ1) is 21.0. The van der Waals surface area contributed by atoms with Gasteiger partial charge in [-0.05, 0) is 41.4 Å². The molecule has 10 heteroatoms. The van der Waals surface area contributed by atoms with Crippen LogP contribution in [0.1, 0.15) is 85.6 Å². The molecule has 0 unspecified atom stereocenters. The minimum atomic E-state index is -2.44. The van der Waals surface area contributed by atoms with Crippen LogP contribution in [0.4, 0.5) is 0 Å². The summed E-state index contributed by atoms with van der Waals surface area (Å²) < 4.78 is 39.5. The van der Waals surface area contributed by atoms with Gasteiger partial charge in [0.15, 0.2) is 0 Å². The van der Waals surface area contributed by atoms with E-state index < -0.39 is 50.7 Å². The summed E-state index contributed by atoms with van der Waals surface area (Å²) in [5.74, 6) is -1.69. The number of benzene rings is 1. The Morgan fingerprint density at radius 2 is 1.52 bits per heavy atom. The molecule has 0 spiro atoms. The highest BCUT2D eigenvalue weighted by Gasteiger charge is 2.62. The van der Waals surface area contributed by atoms with Crippen molar-refractivity contribution in [2.24, 2.45) is 0 Å². The quantitative estimate of drug-likeness (QED) is 0.232. The summed E-state index contributed by atoms with van der Waals surface area (Å²) >= 11 is 0. The molecule has 4 aliphatic heterocycles. The molecule has 0 bridgehead atoms. The maximum atomic E-state index is 12.6. The van der Waals surface area contributed by atoms with Crippen molar-refractivity contribution in [3.05, 3.63) is 35.9 Å². The molecule has 3 N–H and O–H groups in total. The van der Waals surface area contributed by atoms with Gasteiger partial charge in [0.1, 0.15) is 18.3 Å². The Morgan fingerprint density at radius 3 is 2.18 bits per heavy atom. The van der Waals surface area contributed by atoms with Crippen LogP contribution in [0, 0.1) is 0 Å². The van der Waals surface area contributed by atoms with Crippen LogP contribution in [0.25, 0.3) is 0 Å². The summed E-state index contributed by atoms with van der Waals surface area (Å²) in [6.07, 6.45) is -0.921. The van der Waals surface area contributed by atoms with Crippen LogP contribution in [-0.4, -0.2) is 97.6 Å². The fourth-order valence-electron chi connectivity index (χ4n) is 8.45. The molecule has 4 heterocycles. The Bertz CT molecular complexity index is 1020. The second kappa shape index (κ2) is 14.5. The van der Waals surface area contributed by atoms with Gasteiger partial charge in [-0.15, -0.1) is 0 Å². The molecule has 9 nitrogen and oxygen atoms in total. The van der Waals surface area contributed by atoms with Crippen LogP contribution in [0.5, 0.6) is 0 Å². The van der Waals surface area contributed by atoms with Crippen LogP contribution < -0.4 is 0 Å². The Hall–Kier alpha value is -0.923. The van der Waals surface area contributed by atoms with Crippen molar-refractivity contribution in [3.8, 4) is 0 Å². The normalized spacial score (nSPS) is 37.9. The number of fused-ring (bicyclic) bond motifs is 3. The van der Waals surface area contributed by atoms with E-state index in [1.54, 1.807) is 0 Å². The summed E-state index contributed by atoms with van der Waals surface area (Å²) in [6.45, 7) is 14.3. The molecule has 0 saturated carbocycles. The largest absolute Gasteiger partial charge is 0.407 e. The molecule has 5 rings (SSSR count). The summed E-state index contributed by atoms with van der Waals surface area (Å²) in [4.78, 5) is 0. The van der Waals surface area contributed by atoms with Gasteiger partial charge in [-0.25, -0.2) is 0 Å². The van der Waals surface area contributed by atoms with Crippen LogP contribution in [0.2, 0.25) is 16.6 Å². The molecule has 44 heavy (non-hydrogen) atoms. The second-order valence-corrected chi connectivity index (χ2v) is 19.8. The number of ether oxygens (including phenoxy) is 5. The molecule has 0 aromatic heterocycles. The van der Waals surface area contributed by atoms with Crippen LogP contribution >= 0.6 is 0 Å². The van der Waals surface area contributed by atoms with Gasteiger partial charge in [-0.2, -0.15) is 0 Å². The van der Waals surface area contributed by atoms with Crippen molar-refractivity contribution in [3.63, 3.8) is 0 Å². The maximum absolute atomic E-state index is 12.6. The second-order valence-electron chi connectivity index (χ2n) is 14.4. The van der Waals surface area contributed by atoms with Gasteiger partial charge < -0.3 is 43.4 Å². The van der Waals surface area contributed by atoms with Gasteiger partial charge in [-0.1, -0.05) is 71.9 Å². The van der Waals surface area contributed by atoms with Crippen molar-refractivity contribution in [1.29, 1.82) is 0 Å². The Labute approximate surface area is 264 Å². The van der Waals surface area contributed by atoms with Crippen molar-refractivity contribution in [2.45, 2.75) is 164 Å². The fraction of sp³-hybridized carbons (Fsp3) is 0.824. The van der Waals surface area contributed by atoms with Crippen LogP contribution in [0.15, 0.2) is 30.3 Å². The molecule has 1 aromatic carbocycles. The predicted molar refractivity (Wildman–Crippen MR) is 169 cm³/mol. The van der Waals surface area contributed by atoms with Gasteiger partial charge in [0.2, 0.25) is 14.1 Å². The molecule has 1 aromatic rings. The SMILES string of the molecule is CC(C)[Si](O[C@H]1C[C@H]2O[C@@H](CCOCc3ccccc3)C[C@@H]2O[C@@H]2C[C@@H]3O[C@H](CO)[C@@H](O)CC[C@H]3O[C@@]12O)(C(C)C)C(C)C. The number of aliphatic hydroxyl groups excluding tert-OH is 2. The Kier molecular flexibility index (Phi) is 11.3. The van der Waals surface area contributed by atoms with E-state index in [4.69, 9.17) is 28.1 Å². The van der Waals surface area contributed by atoms with E-state index in [9.17, 15) is 15.3 Å². The van der Waals surface area contributed by atoms with Gasteiger partial charge >= 0.3 is 0 Å². The van der Waals surface area contributed by atoms with E-state index in [-0.39, 0.29) is 24.9 Å². The summed E-state index contributed by atoms with van der Waals surface area (Å²) in [6, 6.07) is 10.2. The zero-order valence-electron chi connectivity index (χ0n) is 27.5. The summed E-state index contributed by atoms with van der Waals surface area (Å²) in [7, 11) is -2.44. The first-order valence-corrected chi connectivity index (χ1v) is 19.1. The van der Waals surface area contributed by atoms with Crippen molar-refractivity contribution in [1.82, 2.24) is 0 Å². The highest BCUT2D eigenvalue weighted by Crippen LogP contribution is 2.50. The molecular weight excluding hydrogens is 580 g/mol. The van der Waals surface area contributed by atoms with Gasteiger partial charge in [-0.3, -0.25) is 0 Å². The lowest BCUT2D eigenvalue weighted by molar-refractivity contribution is -0.358. The minimum absolute atomic E-state index is 0.0183. The van der Waals surface area contributed by atoms with Gasteiger partial charge in [0.25, 0.3) is 0 Å². The van der Waals surface area contributed by atoms with Crippen LogP contribution in [0.3, 0.4) is 0 Å². The third kappa shape index (κ3) is 7.00. The average Bonchev–Trinajstić information content (AvgIpc) is 3.23. The summed E-state index contributed by atoms with van der Waals surface area (Å²) in [5, 5.41) is 33.0. The molecule has 4 saturated heterocycles. The molecule has 10 atom stereocenters.